The first-order valence-electron chi connectivity index (χ1n) is 9.07. The smallest absolute Gasteiger partial charge is 0.115 e. The molecule has 1 aliphatic heterocycles. The van der Waals surface area contributed by atoms with Crippen LogP contribution in [0.3, 0.4) is 0 Å². The molecule has 1 aliphatic rings. The van der Waals surface area contributed by atoms with Gasteiger partial charge in [-0.05, 0) is 41.2 Å². The van der Waals surface area contributed by atoms with Crippen molar-refractivity contribution >= 4 is 0 Å². The summed E-state index contributed by atoms with van der Waals surface area (Å²) in [6.07, 6.45) is 6.24. The molecule has 0 fully saturated rings. The Labute approximate surface area is 154 Å². The highest BCUT2D eigenvalue weighted by atomic mass is 16.5. The Bertz CT molecular complexity index is 862. The number of hydrogen-bond acceptors (Lipinski definition) is 4. The molecule has 0 saturated heterocycles. The first-order chi connectivity index (χ1) is 12.8. The summed E-state index contributed by atoms with van der Waals surface area (Å²) in [7, 11) is 0. The van der Waals surface area contributed by atoms with Crippen LogP contribution in [0.1, 0.15) is 35.2 Å². The topological polar surface area (TPSA) is 47.0 Å². The van der Waals surface area contributed by atoms with Gasteiger partial charge in [-0.2, -0.15) is 0 Å². The summed E-state index contributed by atoms with van der Waals surface area (Å²) < 4.78 is 5.56. The molecule has 0 bridgehead atoms. The zero-order chi connectivity index (χ0) is 17.8. The van der Waals surface area contributed by atoms with Crippen LogP contribution in [0.4, 0.5) is 0 Å². The lowest BCUT2D eigenvalue weighted by Gasteiger charge is -2.21. The van der Waals surface area contributed by atoms with Crippen molar-refractivity contribution in [1.29, 1.82) is 0 Å². The third kappa shape index (κ3) is 3.66. The number of aromatic nitrogens is 2. The maximum Gasteiger partial charge on any atom is 0.115 e. The van der Waals surface area contributed by atoms with Gasteiger partial charge in [0.2, 0.25) is 0 Å². The molecule has 4 nitrogen and oxygen atoms in total. The van der Waals surface area contributed by atoms with Crippen LogP contribution in [-0.4, -0.2) is 16.6 Å². The summed E-state index contributed by atoms with van der Waals surface area (Å²) in [5.74, 6) is 0. The van der Waals surface area contributed by atoms with Crippen molar-refractivity contribution in [3.63, 3.8) is 0 Å². The minimum atomic E-state index is 0.284. The van der Waals surface area contributed by atoms with Gasteiger partial charge in [0.1, 0.15) is 6.33 Å². The summed E-state index contributed by atoms with van der Waals surface area (Å²) in [4.78, 5) is 8.17. The fourth-order valence-electron chi connectivity index (χ4n) is 3.46. The number of fused-ring (bicyclic) bond motifs is 1. The van der Waals surface area contributed by atoms with E-state index in [1.54, 1.807) is 6.33 Å². The summed E-state index contributed by atoms with van der Waals surface area (Å²) in [6.45, 7) is 4.64. The molecule has 26 heavy (non-hydrogen) atoms. The Morgan fingerprint density at radius 2 is 1.85 bits per heavy atom. The Balaban J connectivity index is 1.43. The van der Waals surface area contributed by atoms with E-state index in [0.29, 0.717) is 0 Å². The highest BCUT2D eigenvalue weighted by Crippen LogP contribution is 2.23. The maximum absolute atomic E-state index is 5.56. The number of rotatable bonds is 5. The minimum absolute atomic E-state index is 0.284. The van der Waals surface area contributed by atoms with Gasteiger partial charge in [0, 0.05) is 30.5 Å². The van der Waals surface area contributed by atoms with E-state index in [2.05, 4.69) is 64.7 Å². The van der Waals surface area contributed by atoms with Crippen LogP contribution in [0.5, 0.6) is 0 Å². The lowest BCUT2D eigenvalue weighted by molar-refractivity contribution is 0.110. The Kier molecular flexibility index (Phi) is 5.04. The van der Waals surface area contributed by atoms with Gasteiger partial charge in [-0.1, -0.05) is 42.5 Å². The van der Waals surface area contributed by atoms with Crippen molar-refractivity contribution in [3.8, 4) is 11.1 Å². The van der Waals surface area contributed by atoms with Gasteiger partial charge in [0.25, 0.3) is 0 Å². The lowest BCUT2D eigenvalue weighted by atomic mass is 9.96. The highest BCUT2D eigenvalue weighted by molar-refractivity contribution is 5.61. The van der Waals surface area contributed by atoms with Crippen LogP contribution < -0.4 is 5.32 Å². The SMILES string of the molecule is CC(NCc1cccc2c1CCOC2)c1ccc(-c2cncnc2)cc1. The number of nitrogens with zero attached hydrogens (tertiary/aromatic N) is 2. The van der Waals surface area contributed by atoms with Gasteiger partial charge in [0.15, 0.2) is 0 Å². The van der Waals surface area contributed by atoms with Gasteiger partial charge in [-0.25, -0.2) is 9.97 Å². The van der Waals surface area contributed by atoms with E-state index in [9.17, 15) is 0 Å². The van der Waals surface area contributed by atoms with Crippen molar-refractivity contribution in [2.45, 2.75) is 32.5 Å². The second kappa shape index (κ2) is 7.77. The zero-order valence-electron chi connectivity index (χ0n) is 15.0. The van der Waals surface area contributed by atoms with Crippen molar-refractivity contribution in [3.05, 3.63) is 83.4 Å². The Morgan fingerprint density at radius 3 is 2.65 bits per heavy atom. The Morgan fingerprint density at radius 1 is 1.04 bits per heavy atom. The molecule has 4 heteroatoms. The molecular formula is C22H23N3O. The van der Waals surface area contributed by atoms with E-state index in [-0.39, 0.29) is 6.04 Å². The van der Waals surface area contributed by atoms with Crippen molar-refractivity contribution in [2.75, 3.05) is 6.61 Å². The zero-order valence-corrected chi connectivity index (χ0v) is 15.0. The molecule has 1 atom stereocenters. The number of ether oxygens (including phenoxy) is 1. The van der Waals surface area contributed by atoms with Gasteiger partial charge in [-0.3, -0.25) is 0 Å². The van der Waals surface area contributed by atoms with Crippen LogP contribution in [0.2, 0.25) is 0 Å². The molecule has 1 N–H and O–H groups in total. The number of benzene rings is 2. The van der Waals surface area contributed by atoms with Crippen LogP contribution in [0, 0.1) is 0 Å². The molecule has 0 saturated carbocycles. The molecule has 4 rings (SSSR count). The third-order valence-electron chi connectivity index (χ3n) is 5.03. The van der Waals surface area contributed by atoms with E-state index < -0.39 is 0 Å². The maximum atomic E-state index is 5.56. The summed E-state index contributed by atoms with van der Waals surface area (Å²) >= 11 is 0. The fraction of sp³-hybridized carbons (Fsp3) is 0.273. The van der Waals surface area contributed by atoms with Crippen LogP contribution in [0.25, 0.3) is 11.1 Å². The van der Waals surface area contributed by atoms with E-state index >= 15 is 0 Å². The second-order valence-corrected chi connectivity index (χ2v) is 6.71. The summed E-state index contributed by atoms with van der Waals surface area (Å²) in [5.41, 5.74) is 7.63. The van der Waals surface area contributed by atoms with Crippen LogP contribution in [-0.2, 0) is 24.3 Å². The monoisotopic (exact) mass is 345 g/mol. The predicted molar refractivity (Wildman–Crippen MR) is 103 cm³/mol. The summed E-state index contributed by atoms with van der Waals surface area (Å²) in [5, 5.41) is 3.66. The fourth-order valence-corrected chi connectivity index (χ4v) is 3.46. The van der Waals surface area contributed by atoms with Gasteiger partial charge >= 0.3 is 0 Å². The van der Waals surface area contributed by atoms with Crippen molar-refractivity contribution < 1.29 is 4.74 Å². The summed E-state index contributed by atoms with van der Waals surface area (Å²) in [6, 6.07) is 15.4. The average molecular weight is 345 g/mol. The average Bonchev–Trinajstić information content (AvgIpc) is 2.73. The first kappa shape index (κ1) is 16.9. The quantitative estimate of drug-likeness (QED) is 0.757. The van der Waals surface area contributed by atoms with Gasteiger partial charge in [0.05, 0.1) is 13.2 Å². The standard InChI is InChI=1S/C22H23N3O/c1-16(17-5-7-18(8-6-17)21-11-23-15-24-12-21)25-13-19-3-2-4-20-14-26-10-9-22(19)20/h2-8,11-12,15-16,25H,9-10,13-14H2,1H3. The molecule has 132 valence electrons. The molecule has 0 spiro atoms. The largest absolute Gasteiger partial charge is 0.376 e. The number of hydrogen-bond donors (Lipinski definition) is 1. The van der Waals surface area contributed by atoms with E-state index in [1.165, 1.54) is 22.3 Å². The second-order valence-electron chi connectivity index (χ2n) is 6.71. The van der Waals surface area contributed by atoms with Crippen LogP contribution in [0.15, 0.2) is 61.2 Å². The molecule has 2 heterocycles. The predicted octanol–water partition coefficient (Wildman–Crippen LogP) is 4.07. The normalized spacial score (nSPS) is 14.7. The van der Waals surface area contributed by atoms with Gasteiger partial charge in [-0.15, -0.1) is 0 Å². The number of nitrogens with one attached hydrogen (secondary N) is 1. The van der Waals surface area contributed by atoms with E-state index in [0.717, 1.165) is 37.3 Å². The molecule has 3 aromatic rings. The Hall–Kier alpha value is -2.56. The highest BCUT2D eigenvalue weighted by Gasteiger charge is 2.14. The van der Waals surface area contributed by atoms with E-state index in [1.807, 2.05) is 12.4 Å². The molecular weight excluding hydrogens is 322 g/mol. The minimum Gasteiger partial charge on any atom is -0.376 e. The molecule has 0 aliphatic carbocycles. The van der Waals surface area contributed by atoms with E-state index in [4.69, 9.17) is 4.74 Å². The molecule has 2 aromatic carbocycles. The molecule has 0 radical (unpaired) electrons. The molecule has 1 aromatic heterocycles. The van der Waals surface area contributed by atoms with Gasteiger partial charge < -0.3 is 10.1 Å². The van der Waals surface area contributed by atoms with Crippen molar-refractivity contribution in [1.82, 2.24) is 15.3 Å². The lowest BCUT2D eigenvalue weighted by Crippen LogP contribution is -2.21. The third-order valence-corrected chi connectivity index (χ3v) is 5.03. The van der Waals surface area contributed by atoms with Crippen LogP contribution >= 0.6 is 0 Å². The first-order valence-corrected chi connectivity index (χ1v) is 9.07. The molecule has 0 amide bonds. The van der Waals surface area contributed by atoms with Crippen molar-refractivity contribution in [2.24, 2.45) is 0 Å². The molecule has 1 unspecified atom stereocenters.